The van der Waals surface area contributed by atoms with E-state index in [1.807, 2.05) is 72.8 Å². The lowest BCUT2D eigenvalue weighted by Gasteiger charge is -2.09. The quantitative estimate of drug-likeness (QED) is 0.194. The van der Waals surface area contributed by atoms with Crippen LogP contribution in [-0.2, 0) is 13.2 Å². The number of ether oxygens (including phenoxy) is 2. The molecule has 0 radical (unpaired) electrons. The lowest BCUT2D eigenvalue weighted by molar-refractivity contribution is 0.302. The lowest BCUT2D eigenvalue weighted by Crippen LogP contribution is -2.23. The van der Waals surface area contributed by atoms with Gasteiger partial charge in [-0.2, -0.15) is 10.2 Å². The second-order valence-corrected chi connectivity index (χ2v) is 7.89. The summed E-state index contributed by atoms with van der Waals surface area (Å²) in [6.07, 6.45) is 3.24. The lowest BCUT2D eigenvalue weighted by atomic mass is 10.1. The van der Waals surface area contributed by atoms with Crippen molar-refractivity contribution >= 4 is 47.1 Å². The van der Waals surface area contributed by atoms with Crippen molar-refractivity contribution in [3.8, 4) is 11.5 Å². The van der Waals surface area contributed by atoms with Gasteiger partial charge in [0.25, 0.3) is 0 Å². The average molecular weight is 493 g/mol. The van der Waals surface area contributed by atoms with Gasteiger partial charge < -0.3 is 20.9 Å². The normalized spacial score (nSPS) is 10.8. The van der Waals surface area contributed by atoms with Gasteiger partial charge in [-0.15, -0.1) is 0 Å². The van der Waals surface area contributed by atoms with E-state index in [1.54, 1.807) is 12.4 Å². The molecule has 0 aromatic heterocycles. The van der Waals surface area contributed by atoms with Crippen LogP contribution in [0.4, 0.5) is 0 Å². The van der Waals surface area contributed by atoms with Crippen molar-refractivity contribution in [3.05, 3.63) is 95.1 Å². The van der Waals surface area contributed by atoms with Crippen LogP contribution in [0.2, 0.25) is 0 Å². The van der Waals surface area contributed by atoms with Crippen LogP contribution in [0.5, 0.6) is 11.5 Å². The fraction of sp³-hybridized carbons (Fsp3) is 0.0833. The van der Waals surface area contributed by atoms with Crippen molar-refractivity contribution in [3.63, 3.8) is 0 Å². The number of rotatable bonds is 10. The van der Waals surface area contributed by atoms with Crippen molar-refractivity contribution in [1.82, 2.24) is 10.9 Å². The van der Waals surface area contributed by atoms with Crippen molar-refractivity contribution < 1.29 is 9.47 Å². The van der Waals surface area contributed by atoms with E-state index in [2.05, 4.69) is 21.1 Å². The van der Waals surface area contributed by atoms with Gasteiger partial charge in [0.1, 0.15) is 24.7 Å². The molecule has 0 aliphatic rings. The molecule has 8 nitrogen and oxygen atoms in total. The molecule has 3 rings (SSSR count). The minimum atomic E-state index is 0.113. The van der Waals surface area contributed by atoms with E-state index in [1.165, 1.54) is 0 Å². The Kier molecular flexibility index (Phi) is 9.32. The summed E-state index contributed by atoms with van der Waals surface area (Å²) in [5.74, 6) is 1.47. The molecule has 0 fully saturated rings. The molecule has 0 saturated carbocycles. The van der Waals surface area contributed by atoms with Crippen LogP contribution < -0.4 is 31.8 Å². The number of nitrogens with two attached hydrogens (primary N) is 2. The first kappa shape index (κ1) is 24.6. The van der Waals surface area contributed by atoms with Gasteiger partial charge in [-0.25, -0.2) is 0 Å². The molecule has 0 aliphatic heterocycles. The van der Waals surface area contributed by atoms with Crippen molar-refractivity contribution in [2.24, 2.45) is 21.7 Å². The van der Waals surface area contributed by atoms with Crippen LogP contribution in [-0.4, -0.2) is 22.7 Å². The Hall–Kier alpha value is -4.02. The molecular formula is C24H24N6O2S2. The molecule has 10 heteroatoms. The van der Waals surface area contributed by atoms with Crippen molar-refractivity contribution in [1.29, 1.82) is 0 Å². The first-order chi connectivity index (χ1) is 16.5. The second kappa shape index (κ2) is 12.9. The van der Waals surface area contributed by atoms with Gasteiger partial charge in [-0.1, -0.05) is 48.5 Å². The van der Waals surface area contributed by atoms with E-state index in [0.717, 1.165) is 33.8 Å². The molecule has 0 bridgehead atoms. The zero-order valence-electron chi connectivity index (χ0n) is 18.2. The summed E-state index contributed by atoms with van der Waals surface area (Å²) >= 11 is 9.43. The highest BCUT2D eigenvalue weighted by Crippen LogP contribution is 2.17. The highest BCUT2D eigenvalue weighted by Gasteiger charge is 2.01. The predicted molar refractivity (Wildman–Crippen MR) is 143 cm³/mol. The fourth-order valence-corrected chi connectivity index (χ4v) is 2.88. The smallest absolute Gasteiger partial charge is 0.184 e. The molecule has 34 heavy (non-hydrogen) atoms. The first-order valence-electron chi connectivity index (χ1n) is 10.2. The Labute approximate surface area is 208 Å². The zero-order valence-corrected chi connectivity index (χ0v) is 19.8. The van der Waals surface area contributed by atoms with Crippen molar-refractivity contribution in [2.75, 3.05) is 0 Å². The summed E-state index contributed by atoms with van der Waals surface area (Å²) in [7, 11) is 0. The topological polar surface area (TPSA) is 119 Å². The third-order valence-corrected chi connectivity index (χ3v) is 4.51. The van der Waals surface area contributed by atoms with Crippen LogP contribution in [0, 0.1) is 0 Å². The van der Waals surface area contributed by atoms with E-state index in [-0.39, 0.29) is 10.2 Å². The van der Waals surface area contributed by atoms with Gasteiger partial charge in [0.2, 0.25) is 0 Å². The molecule has 174 valence electrons. The summed E-state index contributed by atoms with van der Waals surface area (Å²) < 4.78 is 11.8. The Morgan fingerprint density at radius 1 is 0.706 bits per heavy atom. The van der Waals surface area contributed by atoms with E-state index < -0.39 is 0 Å². The highest BCUT2D eigenvalue weighted by atomic mass is 32.1. The number of benzene rings is 3. The molecule has 0 amide bonds. The van der Waals surface area contributed by atoms with Gasteiger partial charge >= 0.3 is 0 Å². The van der Waals surface area contributed by atoms with Crippen LogP contribution in [0.25, 0.3) is 0 Å². The number of nitrogens with one attached hydrogen (secondary N) is 2. The summed E-state index contributed by atoms with van der Waals surface area (Å²) in [5, 5.41) is 8.12. The largest absolute Gasteiger partial charge is 0.489 e. The third kappa shape index (κ3) is 8.85. The standard InChI is InChI=1S/C24H24N6O2S2/c25-23(33)29-27-13-19-3-1-5-21(11-19)31-15-17-7-9-18(10-8-17)16-32-22-6-2-4-20(12-22)14-28-30-24(26)34/h1-14H,15-16H2,(H3,25,29,33)(H3,26,30,34)/b27-13+,28-14+. The SMILES string of the molecule is NC(=S)N/N=C/c1cccc(OCc2ccc(COc3cccc(/C=N/NC(N)=S)c3)cc2)c1. The maximum absolute atomic E-state index is 5.89. The monoisotopic (exact) mass is 492 g/mol. The minimum Gasteiger partial charge on any atom is -0.489 e. The Bertz CT molecular complexity index is 1090. The summed E-state index contributed by atoms with van der Waals surface area (Å²) in [4.78, 5) is 0. The molecule has 0 saturated heterocycles. The Balaban J connectivity index is 1.49. The van der Waals surface area contributed by atoms with Gasteiger partial charge in [0.15, 0.2) is 10.2 Å². The van der Waals surface area contributed by atoms with Crippen LogP contribution in [0.3, 0.4) is 0 Å². The minimum absolute atomic E-state index is 0.113. The van der Waals surface area contributed by atoms with Crippen molar-refractivity contribution in [2.45, 2.75) is 13.2 Å². The Morgan fingerprint density at radius 2 is 1.12 bits per heavy atom. The van der Waals surface area contributed by atoms with E-state index in [0.29, 0.717) is 13.2 Å². The molecular weight excluding hydrogens is 468 g/mol. The number of nitrogens with zero attached hydrogens (tertiary/aromatic N) is 2. The van der Waals surface area contributed by atoms with Gasteiger partial charge in [0.05, 0.1) is 12.4 Å². The molecule has 0 atom stereocenters. The fourth-order valence-electron chi connectivity index (χ4n) is 2.78. The second-order valence-electron chi connectivity index (χ2n) is 7.01. The molecule has 3 aromatic carbocycles. The van der Waals surface area contributed by atoms with Crippen LogP contribution >= 0.6 is 24.4 Å². The molecule has 0 aliphatic carbocycles. The molecule has 0 unspecified atom stereocenters. The third-order valence-electron chi connectivity index (χ3n) is 4.33. The number of hydrogen-bond acceptors (Lipinski definition) is 6. The first-order valence-corrected chi connectivity index (χ1v) is 11.0. The number of thiocarbonyl (C=S) groups is 2. The van der Waals surface area contributed by atoms with E-state index in [9.17, 15) is 0 Å². The summed E-state index contributed by atoms with van der Waals surface area (Å²) in [6.45, 7) is 0.878. The zero-order chi connectivity index (χ0) is 24.2. The maximum atomic E-state index is 5.89. The maximum Gasteiger partial charge on any atom is 0.184 e. The summed E-state index contributed by atoms with van der Waals surface area (Å²) in [5.41, 5.74) is 19.6. The number of hydrazone groups is 2. The highest BCUT2D eigenvalue weighted by molar-refractivity contribution is 7.80. The van der Waals surface area contributed by atoms with Crippen LogP contribution in [0.1, 0.15) is 22.3 Å². The van der Waals surface area contributed by atoms with Gasteiger partial charge in [-0.05, 0) is 71.0 Å². The predicted octanol–water partition coefficient (Wildman–Crippen LogP) is 3.18. The summed E-state index contributed by atoms with van der Waals surface area (Å²) in [6, 6.07) is 23.2. The molecule has 0 heterocycles. The van der Waals surface area contributed by atoms with E-state index >= 15 is 0 Å². The van der Waals surface area contributed by atoms with Crippen LogP contribution in [0.15, 0.2) is 83.0 Å². The molecule has 6 N–H and O–H groups in total. The van der Waals surface area contributed by atoms with Gasteiger partial charge in [0, 0.05) is 0 Å². The average Bonchev–Trinajstić information content (AvgIpc) is 2.82. The molecule has 3 aromatic rings. The van der Waals surface area contributed by atoms with E-state index in [4.69, 9.17) is 45.4 Å². The Morgan fingerprint density at radius 3 is 1.50 bits per heavy atom. The molecule has 0 spiro atoms. The number of hydrogen-bond donors (Lipinski definition) is 4. The van der Waals surface area contributed by atoms with Gasteiger partial charge in [-0.3, -0.25) is 10.9 Å².